The van der Waals surface area contributed by atoms with E-state index in [2.05, 4.69) is 0 Å². The van der Waals surface area contributed by atoms with Gasteiger partial charge in [0.2, 0.25) is 0 Å². The molecule has 1 aliphatic rings. The highest BCUT2D eigenvalue weighted by molar-refractivity contribution is 8.89. The molecule has 0 amide bonds. The van der Waals surface area contributed by atoms with E-state index in [1.54, 1.807) is 0 Å². The van der Waals surface area contributed by atoms with Gasteiger partial charge in [0, 0.05) is 15.4 Å². The van der Waals surface area contributed by atoms with Gasteiger partial charge in [-0.25, -0.2) is 4.79 Å². The average Bonchev–Trinajstić information content (AvgIpc) is 3.19. The van der Waals surface area contributed by atoms with E-state index < -0.39 is 11.7 Å². The van der Waals surface area contributed by atoms with Gasteiger partial charge in [0.15, 0.2) is 0 Å². The van der Waals surface area contributed by atoms with E-state index in [1.165, 1.54) is 22.8 Å². The lowest BCUT2D eigenvalue weighted by Gasteiger charge is -2.16. The number of cyclic esters (lactones) is 1. The predicted molar refractivity (Wildman–Crippen MR) is 139 cm³/mol. The summed E-state index contributed by atoms with van der Waals surface area (Å²) in [5.74, 6) is -3.35. The van der Waals surface area contributed by atoms with Crippen molar-refractivity contribution in [2.75, 3.05) is 6.61 Å². The Morgan fingerprint density at radius 2 is 1.33 bits per heavy atom. The Kier molecular flexibility index (Phi) is 9.93. The minimum atomic E-state index is -2.83. The fraction of sp³-hybridized carbons (Fsp3) is 0.136. The van der Waals surface area contributed by atoms with Gasteiger partial charge in [-0.05, 0) is 54.0 Å². The zero-order valence-electron chi connectivity index (χ0n) is 17.1. The molecule has 0 saturated heterocycles. The quantitative estimate of drug-likeness (QED) is 0.125. The molecule has 0 radical (unpaired) electrons. The van der Waals surface area contributed by atoms with Crippen molar-refractivity contribution >= 4 is 80.9 Å². The molecule has 0 aromatic heterocycles. The number of rotatable bonds is 6. The summed E-state index contributed by atoms with van der Waals surface area (Å²) in [7, 11) is 0. The predicted octanol–water partition coefficient (Wildman–Crippen LogP) is 9.69. The van der Waals surface area contributed by atoms with Crippen LogP contribution in [0.1, 0.15) is 22.8 Å². The SMILES string of the molecule is CCOP(=O)(Sc1ccccc1)Sc1ccccc1.O=C1OCc2c(Cl)c(Cl)c(Cl)c(Cl)c21. The number of carbonyl (C=O) groups excluding carboxylic acids is 1. The summed E-state index contributed by atoms with van der Waals surface area (Å²) < 4.78 is 23.1. The monoisotopic (exact) mass is 580 g/mol. The van der Waals surface area contributed by atoms with Crippen LogP contribution in [0.25, 0.3) is 0 Å². The van der Waals surface area contributed by atoms with Crippen LogP contribution < -0.4 is 0 Å². The largest absolute Gasteiger partial charge is 0.457 e. The van der Waals surface area contributed by atoms with Gasteiger partial charge in [0.25, 0.3) is 0 Å². The van der Waals surface area contributed by atoms with Gasteiger partial charge in [0.1, 0.15) is 6.61 Å². The van der Waals surface area contributed by atoms with Crippen molar-refractivity contribution in [1.29, 1.82) is 0 Å². The third kappa shape index (κ3) is 6.87. The van der Waals surface area contributed by atoms with E-state index in [0.717, 1.165) is 9.79 Å². The van der Waals surface area contributed by atoms with Gasteiger partial charge in [0.05, 0.1) is 32.3 Å². The van der Waals surface area contributed by atoms with Crippen molar-refractivity contribution in [3.8, 4) is 0 Å². The zero-order valence-corrected chi connectivity index (χ0v) is 22.6. The first-order valence-corrected chi connectivity index (χ1v) is 15.5. The third-order valence-electron chi connectivity index (χ3n) is 4.12. The van der Waals surface area contributed by atoms with Crippen LogP contribution in [0.2, 0.25) is 20.1 Å². The van der Waals surface area contributed by atoms with Crippen LogP contribution in [0.5, 0.6) is 0 Å². The Labute approximate surface area is 220 Å². The van der Waals surface area contributed by atoms with Crippen molar-refractivity contribution in [2.45, 2.75) is 23.3 Å². The lowest BCUT2D eigenvalue weighted by Crippen LogP contribution is -1.96. The summed E-state index contributed by atoms with van der Waals surface area (Å²) in [6, 6.07) is 19.4. The molecule has 11 heteroatoms. The van der Waals surface area contributed by atoms with E-state index in [9.17, 15) is 9.36 Å². The first-order valence-electron chi connectivity index (χ1n) is 9.51. The first-order chi connectivity index (χ1) is 15.8. The van der Waals surface area contributed by atoms with Gasteiger partial charge in [-0.2, -0.15) is 0 Å². The molecule has 33 heavy (non-hydrogen) atoms. The maximum atomic E-state index is 12.9. The van der Waals surface area contributed by atoms with Crippen LogP contribution in [0, 0.1) is 0 Å². The molecule has 0 atom stereocenters. The standard InChI is InChI=1S/C14H15O2PS2.C8H2Cl4O2/c1-2-16-17(15,18-13-9-5-3-6-10-13)19-14-11-7-4-8-12-14;9-4-2-1-14-8(13)3(2)5(10)7(12)6(4)11/h3-12H,2H2,1H3;1H2. The van der Waals surface area contributed by atoms with Crippen LogP contribution in [0.4, 0.5) is 0 Å². The Balaban J connectivity index is 0.000000194. The summed E-state index contributed by atoms with van der Waals surface area (Å²) >= 11 is 25.9. The number of ether oxygens (including phenoxy) is 1. The fourth-order valence-corrected chi connectivity index (χ4v) is 10.5. The number of benzene rings is 3. The normalized spacial score (nSPS) is 12.6. The Bertz CT molecular complexity index is 1130. The van der Waals surface area contributed by atoms with Crippen LogP contribution >= 0.6 is 74.9 Å². The Morgan fingerprint density at radius 3 is 1.82 bits per heavy atom. The maximum Gasteiger partial charge on any atom is 0.340 e. The molecular formula is C22H17Cl4O4PS2. The summed E-state index contributed by atoms with van der Waals surface area (Å²) in [6.45, 7) is 2.39. The summed E-state index contributed by atoms with van der Waals surface area (Å²) in [6.07, 6.45) is 0. The molecule has 0 fully saturated rings. The highest BCUT2D eigenvalue weighted by Crippen LogP contribution is 2.74. The lowest BCUT2D eigenvalue weighted by molar-refractivity contribution is 0.0535. The van der Waals surface area contributed by atoms with Crippen LogP contribution in [0.3, 0.4) is 0 Å². The van der Waals surface area contributed by atoms with E-state index in [0.29, 0.717) is 12.2 Å². The molecule has 0 aliphatic carbocycles. The van der Waals surface area contributed by atoms with Crippen molar-refractivity contribution < 1.29 is 18.6 Å². The molecule has 4 rings (SSSR count). The van der Waals surface area contributed by atoms with Gasteiger partial charge in [-0.3, -0.25) is 4.57 Å². The number of hydrogen-bond acceptors (Lipinski definition) is 6. The van der Waals surface area contributed by atoms with Crippen LogP contribution in [-0.2, 0) is 20.4 Å². The molecule has 4 nitrogen and oxygen atoms in total. The Morgan fingerprint density at radius 1 is 0.848 bits per heavy atom. The van der Waals surface area contributed by atoms with E-state index >= 15 is 0 Å². The molecular weight excluding hydrogens is 565 g/mol. The number of fused-ring (bicyclic) bond motifs is 1. The second kappa shape index (κ2) is 12.2. The number of esters is 1. The molecule has 174 valence electrons. The molecule has 0 N–H and O–H groups in total. The molecule has 1 heterocycles. The number of halogens is 4. The van der Waals surface area contributed by atoms with E-state index in [1.807, 2.05) is 67.6 Å². The molecule has 3 aromatic rings. The highest BCUT2D eigenvalue weighted by Gasteiger charge is 2.31. The minimum Gasteiger partial charge on any atom is -0.457 e. The van der Waals surface area contributed by atoms with E-state index in [4.69, 9.17) is 55.7 Å². The Hall–Kier alpha value is -0.820. The summed E-state index contributed by atoms with van der Waals surface area (Å²) in [4.78, 5) is 13.2. The van der Waals surface area contributed by atoms with Crippen molar-refractivity contribution in [1.82, 2.24) is 0 Å². The molecule has 0 saturated carbocycles. The van der Waals surface area contributed by atoms with Gasteiger partial charge in [-0.15, -0.1) is 0 Å². The van der Waals surface area contributed by atoms with Crippen molar-refractivity contribution in [2.24, 2.45) is 0 Å². The zero-order chi connectivity index (χ0) is 24.0. The van der Waals surface area contributed by atoms with Crippen LogP contribution in [-0.4, -0.2) is 12.6 Å². The second-order valence-corrected chi connectivity index (χ2v) is 15.0. The van der Waals surface area contributed by atoms with Crippen molar-refractivity contribution in [3.05, 3.63) is 91.9 Å². The van der Waals surface area contributed by atoms with Gasteiger partial charge < -0.3 is 9.26 Å². The number of hydrogen-bond donors (Lipinski definition) is 0. The maximum absolute atomic E-state index is 12.9. The van der Waals surface area contributed by atoms with Crippen LogP contribution in [0.15, 0.2) is 70.5 Å². The fourth-order valence-electron chi connectivity index (χ4n) is 2.69. The molecule has 3 aromatic carbocycles. The molecule has 0 bridgehead atoms. The first kappa shape index (κ1) is 26.8. The lowest BCUT2D eigenvalue weighted by atomic mass is 10.1. The smallest absolute Gasteiger partial charge is 0.340 e. The highest BCUT2D eigenvalue weighted by atomic mass is 35.5. The third-order valence-corrected chi connectivity index (χ3v) is 12.5. The minimum absolute atomic E-state index is 0.0796. The van der Waals surface area contributed by atoms with Gasteiger partial charge in [-0.1, -0.05) is 82.8 Å². The molecule has 1 aliphatic heterocycles. The topological polar surface area (TPSA) is 52.6 Å². The van der Waals surface area contributed by atoms with E-state index in [-0.39, 0.29) is 32.3 Å². The summed E-state index contributed by atoms with van der Waals surface area (Å²) in [5, 5.41) is 0.548. The van der Waals surface area contributed by atoms with Crippen molar-refractivity contribution in [3.63, 3.8) is 0 Å². The molecule has 0 unspecified atom stereocenters. The second-order valence-electron chi connectivity index (χ2n) is 6.36. The average molecular weight is 582 g/mol. The van der Waals surface area contributed by atoms with Gasteiger partial charge >= 0.3 is 11.7 Å². The summed E-state index contributed by atoms with van der Waals surface area (Å²) in [5.41, 5.74) is 0.710. The number of carbonyl (C=O) groups is 1. The molecule has 0 spiro atoms.